The minimum atomic E-state index is -0.333. The zero-order valence-electron chi connectivity index (χ0n) is 11.3. The van der Waals surface area contributed by atoms with E-state index in [1.54, 1.807) is 25.4 Å². The molecule has 6 nitrogen and oxygen atoms in total. The van der Waals surface area contributed by atoms with Gasteiger partial charge in [0, 0.05) is 24.0 Å². The van der Waals surface area contributed by atoms with Crippen LogP contribution >= 0.6 is 0 Å². The molecule has 0 unspecified atom stereocenters. The summed E-state index contributed by atoms with van der Waals surface area (Å²) in [6, 6.07) is 7.25. The Morgan fingerprint density at radius 1 is 1.14 bits per heavy atom. The summed E-state index contributed by atoms with van der Waals surface area (Å²) >= 11 is 0. The van der Waals surface area contributed by atoms with Crippen LogP contribution in [0.25, 0.3) is 10.9 Å². The number of nitrogens with one attached hydrogen (secondary N) is 1. The van der Waals surface area contributed by atoms with E-state index in [2.05, 4.69) is 20.3 Å². The molecule has 2 aromatic heterocycles. The number of aromatic nitrogens is 3. The summed E-state index contributed by atoms with van der Waals surface area (Å²) in [5.41, 5.74) is 1.51. The largest absolute Gasteiger partial charge is 0.496 e. The average Bonchev–Trinajstić information content (AvgIpc) is 2.56. The molecule has 0 radical (unpaired) electrons. The molecule has 0 aliphatic carbocycles. The van der Waals surface area contributed by atoms with Gasteiger partial charge in [0.1, 0.15) is 11.4 Å². The molecule has 1 N–H and O–H groups in total. The molecular weight excluding hydrogens is 268 g/mol. The van der Waals surface area contributed by atoms with Gasteiger partial charge >= 0.3 is 0 Å². The SMILES string of the molecule is COc1ccc(NC(=O)c2cnccn2)c2ncccc12. The summed E-state index contributed by atoms with van der Waals surface area (Å²) in [7, 11) is 1.60. The lowest BCUT2D eigenvalue weighted by Gasteiger charge is -2.10. The lowest BCUT2D eigenvalue weighted by atomic mass is 10.1. The zero-order valence-corrected chi connectivity index (χ0v) is 11.3. The van der Waals surface area contributed by atoms with Crippen LogP contribution < -0.4 is 10.1 Å². The molecule has 1 aromatic carbocycles. The Balaban J connectivity index is 2.00. The van der Waals surface area contributed by atoms with E-state index in [1.165, 1.54) is 18.6 Å². The Morgan fingerprint density at radius 3 is 2.81 bits per heavy atom. The van der Waals surface area contributed by atoms with Crippen LogP contribution in [-0.2, 0) is 0 Å². The number of carbonyl (C=O) groups excluding carboxylic acids is 1. The molecule has 21 heavy (non-hydrogen) atoms. The third kappa shape index (κ3) is 2.51. The van der Waals surface area contributed by atoms with Gasteiger partial charge in [-0.1, -0.05) is 0 Å². The van der Waals surface area contributed by atoms with Gasteiger partial charge in [0.2, 0.25) is 0 Å². The molecule has 0 fully saturated rings. The molecular formula is C15H12N4O2. The van der Waals surface area contributed by atoms with Crippen molar-refractivity contribution in [3.63, 3.8) is 0 Å². The number of hydrogen-bond acceptors (Lipinski definition) is 5. The number of ether oxygens (including phenoxy) is 1. The molecule has 0 aliphatic rings. The van der Waals surface area contributed by atoms with E-state index in [0.29, 0.717) is 17.0 Å². The van der Waals surface area contributed by atoms with E-state index in [4.69, 9.17) is 4.74 Å². The van der Waals surface area contributed by atoms with Crippen molar-refractivity contribution in [3.8, 4) is 5.75 Å². The van der Waals surface area contributed by atoms with Crippen molar-refractivity contribution in [3.05, 3.63) is 54.7 Å². The van der Waals surface area contributed by atoms with Crippen molar-refractivity contribution in [2.24, 2.45) is 0 Å². The minimum absolute atomic E-state index is 0.248. The van der Waals surface area contributed by atoms with Crippen LogP contribution in [0.3, 0.4) is 0 Å². The van der Waals surface area contributed by atoms with E-state index >= 15 is 0 Å². The van der Waals surface area contributed by atoms with E-state index in [1.807, 2.05) is 12.1 Å². The number of hydrogen-bond donors (Lipinski definition) is 1. The van der Waals surface area contributed by atoms with Crippen LogP contribution in [-0.4, -0.2) is 28.0 Å². The first-order chi connectivity index (χ1) is 10.3. The van der Waals surface area contributed by atoms with Gasteiger partial charge in [-0.05, 0) is 24.3 Å². The average molecular weight is 280 g/mol. The Hall–Kier alpha value is -3.02. The van der Waals surface area contributed by atoms with Gasteiger partial charge in [-0.2, -0.15) is 0 Å². The van der Waals surface area contributed by atoms with Crippen LogP contribution in [0.4, 0.5) is 5.69 Å². The summed E-state index contributed by atoms with van der Waals surface area (Å²) < 4.78 is 5.30. The molecule has 1 amide bonds. The van der Waals surface area contributed by atoms with Gasteiger partial charge in [-0.3, -0.25) is 14.8 Å². The van der Waals surface area contributed by atoms with Gasteiger partial charge in [-0.15, -0.1) is 0 Å². The molecule has 0 saturated carbocycles. The van der Waals surface area contributed by atoms with E-state index in [9.17, 15) is 4.79 Å². The van der Waals surface area contributed by atoms with E-state index < -0.39 is 0 Å². The maximum atomic E-state index is 12.1. The number of nitrogens with zero attached hydrogens (tertiary/aromatic N) is 3. The normalized spacial score (nSPS) is 10.3. The van der Waals surface area contributed by atoms with Crippen LogP contribution in [0.5, 0.6) is 5.75 Å². The first kappa shape index (κ1) is 13.0. The summed E-state index contributed by atoms with van der Waals surface area (Å²) in [4.78, 5) is 24.3. The highest BCUT2D eigenvalue weighted by molar-refractivity contribution is 6.08. The lowest BCUT2D eigenvalue weighted by molar-refractivity contribution is 0.102. The Morgan fingerprint density at radius 2 is 2.05 bits per heavy atom. The van der Waals surface area contributed by atoms with Gasteiger partial charge in [0.15, 0.2) is 0 Å². The number of pyridine rings is 1. The summed E-state index contributed by atoms with van der Waals surface area (Å²) in [5.74, 6) is 0.371. The topological polar surface area (TPSA) is 77.0 Å². The zero-order chi connectivity index (χ0) is 14.7. The highest BCUT2D eigenvalue weighted by atomic mass is 16.5. The van der Waals surface area contributed by atoms with Gasteiger partial charge in [0.05, 0.1) is 24.5 Å². The first-order valence-electron chi connectivity index (χ1n) is 6.28. The molecule has 3 rings (SSSR count). The quantitative estimate of drug-likeness (QED) is 0.796. The molecule has 3 aromatic rings. The fourth-order valence-electron chi connectivity index (χ4n) is 2.03. The molecule has 0 bridgehead atoms. The predicted octanol–water partition coefficient (Wildman–Crippen LogP) is 2.29. The Bertz CT molecular complexity index is 790. The van der Waals surface area contributed by atoms with Crippen LogP contribution in [0.2, 0.25) is 0 Å². The van der Waals surface area contributed by atoms with Crippen LogP contribution in [0.15, 0.2) is 49.1 Å². The van der Waals surface area contributed by atoms with Crippen molar-refractivity contribution in [1.82, 2.24) is 15.0 Å². The standard InChI is InChI=1S/C15H12N4O2/c1-21-13-5-4-11(14-10(13)3-2-6-18-14)19-15(20)12-9-16-7-8-17-12/h2-9H,1H3,(H,19,20). The molecule has 0 aliphatic heterocycles. The molecule has 2 heterocycles. The van der Waals surface area contributed by atoms with Crippen molar-refractivity contribution >= 4 is 22.5 Å². The number of carbonyl (C=O) groups is 1. The maximum absolute atomic E-state index is 12.1. The number of anilines is 1. The third-order valence-electron chi connectivity index (χ3n) is 2.99. The second kappa shape index (κ2) is 5.54. The lowest BCUT2D eigenvalue weighted by Crippen LogP contribution is -2.14. The van der Waals surface area contributed by atoms with E-state index in [-0.39, 0.29) is 11.6 Å². The van der Waals surface area contributed by atoms with Crippen LogP contribution in [0.1, 0.15) is 10.5 Å². The fourth-order valence-corrected chi connectivity index (χ4v) is 2.03. The number of methoxy groups -OCH3 is 1. The second-order valence-electron chi connectivity index (χ2n) is 4.26. The van der Waals surface area contributed by atoms with Gasteiger partial charge in [0.25, 0.3) is 5.91 Å². The first-order valence-corrected chi connectivity index (χ1v) is 6.28. The predicted molar refractivity (Wildman–Crippen MR) is 78.3 cm³/mol. The maximum Gasteiger partial charge on any atom is 0.275 e. The molecule has 104 valence electrons. The summed E-state index contributed by atoms with van der Waals surface area (Å²) in [5, 5.41) is 3.62. The smallest absolute Gasteiger partial charge is 0.275 e. The minimum Gasteiger partial charge on any atom is -0.496 e. The van der Waals surface area contributed by atoms with Crippen LogP contribution in [0, 0.1) is 0 Å². The second-order valence-corrected chi connectivity index (χ2v) is 4.26. The third-order valence-corrected chi connectivity index (χ3v) is 2.99. The molecule has 6 heteroatoms. The molecule has 0 atom stereocenters. The van der Waals surface area contributed by atoms with Crippen molar-refractivity contribution < 1.29 is 9.53 Å². The summed E-state index contributed by atoms with van der Waals surface area (Å²) in [6.45, 7) is 0. The van der Waals surface area contributed by atoms with Gasteiger partial charge < -0.3 is 10.1 Å². The number of amides is 1. The number of fused-ring (bicyclic) bond motifs is 1. The molecule has 0 saturated heterocycles. The fraction of sp³-hybridized carbons (Fsp3) is 0.0667. The molecule has 0 spiro atoms. The van der Waals surface area contributed by atoms with Crippen molar-refractivity contribution in [2.45, 2.75) is 0 Å². The number of rotatable bonds is 3. The Kier molecular flexibility index (Phi) is 3.42. The highest BCUT2D eigenvalue weighted by Crippen LogP contribution is 2.29. The van der Waals surface area contributed by atoms with Crippen molar-refractivity contribution in [2.75, 3.05) is 12.4 Å². The van der Waals surface area contributed by atoms with E-state index in [0.717, 1.165) is 5.39 Å². The van der Waals surface area contributed by atoms with Crippen molar-refractivity contribution in [1.29, 1.82) is 0 Å². The highest BCUT2D eigenvalue weighted by Gasteiger charge is 2.12. The number of benzene rings is 1. The Labute approximate surface area is 120 Å². The van der Waals surface area contributed by atoms with Gasteiger partial charge in [-0.25, -0.2) is 4.98 Å². The summed E-state index contributed by atoms with van der Waals surface area (Å²) in [6.07, 6.45) is 6.06. The monoisotopic (exact) mass is 280 g/mol.